The summed E-state index contributed by atoms with van der Waals surface area (Å²) >= 11 is 3.62. The van der Waals surface area contributed by atoms with E-state index in [1.165, 1.54) is 11.1 Å². The number of aromatic nitrogens is 2. The zero-order valence-corrected chi connectivity index (χ0v) is 13.4. The lowest BCUT2D eigenvalue weighted by molar-refractivity contribution is 0.706. The fourth-order valence-corrected chi connectivity index (χ4v) is 3.48. The lowest BCUT2D eigenvalue weighted by Crippen LogP contribution is -2.33. The molecule has 22 heavy (non-hydrogen) atoms. The summed E-state index contributed by atoms with van der Waals surface area (Å²) < 4.78 is 1.11. The second-order valence-electron chi connectivity index (χ2n) is 5.46. The van der Waals surface area contributed by atoms with E-state index in [-0.39, 0.29) is 5.56 Å². The Balaban J connectivity index is 1.77. The standard InChI is InChI=1S/C17H14BrN3O/c18-14-6-3-4-11-8-9-21(10-13(11)14)17-19-15-7-2-1-5-12(15)16(22)20-17/h1-7H,8-10H2,(H,19,20,22). The molecule has 0 radical (unpaired) electrons. The van der Waals surface area contributed by atoms with Crippen molar-refractivity contribution in [2.45, 2.75) is 13.0 Å². The second-order valence-corrected chi connectivity index (χ2v) is 6.31. The number of aromatic amines is 1. The summed E-state index contributed by atoms with van der Waals surface area (Å²) in [5, 5.41) is 0.629. The van der Waals surface area contributed by atoms with Gasteiger partial charge >= 0.3 is 0 Å². The number of hydrogen-bond acceptors (Lipinski definition) is 3. The Hall–Kier alpha value is -2.14. The number of nitrogens with one attached hydrogen (secondary N) is 1. The smallest absolute Gasteiger partial charge is 0.260 e. The van der Waals surface area contributed by atoms with Crippen LogP contribution in [-0.4, -0.2) is 16.5 Å². The molecule has 0 amide bonds. The Morgan fingerprint density at radius 1 is 1.14 bits per heavy atom. The molecule has 5 heteroatoms. The largest absolute Gasteiger partial charge is 0.338 e. The van der Waals surface area contributed by atoms with Gasteiger partial charge in [-0.05, 0) is 35.7 Å². The third-order valence-corrected chi connectivity index (χ3v) is 4.86. The van der Waals surface area contributed by atoms with Crippen LogP contribution in [0.2, 0.25) is 0 Å². The highest BCUT2D eigenvalue weighted by molar-refractivity contribution is 9.10. The van der Waals surface area contributed by atoms with E-state index in [2.05, 4.69) is 49.0 Å². The van der Waals surface area contributed by atoms with E-state index in [0.29, 0.717) is 11.3 Å². The van der Waals surface area contributed by atoms with Gasteiger partial charge in [0.15, 0.2) is 0 Å². The first-order chi connectivity index (χ1) is 10.7. The number of nitrogens with zero attached hydrogens (tertiary/aromatic N) is 2. The minimum atomic E-state index is -0.0847. The van der Waals surface area contributed by atoms with Gasteiger partial charge in [0.05, 0.1) is 10.9 Å². The predicted molar refractivity (Wildman–Crippen MR) is 91.3 cm³/mol. The van der Waals surface area contributed by atoms with Crippen LogP contribution in [0, 0.1) is 0 Å². The van der Waals surface area contributed by atoms with Gasteiger partial charge in [0.25, 0.3) is 5.56 Å². The molecular formula is C17H14BrN3O. The van der Waals surface area contributed by atoms with Crippen LogP contribution in [0.5, 0.6) is 0 Å². The first-order valence-electron chi connectivity index (χ1n) is 7.22. The Kier molecular flexibility index (Phi) is 3.22. The third kappa shape index (κ3) is 2.22. The molecule has 0 saturated carbocycles. The summed E-state index contributed by atoms with van der Waals surface area (Å²) in [6.07, 6.45) is 0.950. The highest BCUT2D eigenvalue weighted by Gasteiger charge is 2.20. The summed E-state index contributed by atoms with van der Waals surface area (Å²) in [4.78, 5) is 21.9. The summed E-state index contributed by atoms with van der Waals surface area (Å²) in [6.45, 7) is 1.60. The molecule has 1 aromatic heterocycles. The van der Waals surface area contributed by atoms with Crippen LogP contribution < -0.4 is 10.5 Å². The van der Waals surface area contributed by atoms with Crippen molar-refractivity contribution in [3.63, 3.8) is 0 Å². The zero-order valence-electron chi connectivity index (χ0n) is 11.8. The Bertz CT molecular complexity index is 919. The fourth-order valence-electron chi connectivity index (χ4n) is 2.94. The first-order valence-corrected chi connectivity index (χ1v) is 8.02. The molecule has 0 unspecified atom stereocenters. The van der Waals surface area contributed by atoms with Gasteiger partial charge in [-0.1, -0.05) is 40.2 Å². The molecule has 0 aliphatic carbocycles. The van der Waals surface area contributed by atoms with Crippen LogP contribution in [0.4, 0.5) is 5.95 Å². The van der Waals surface area contributed by atoms with E-state index in [9.17, 15) is 4.79 Å². The van der Waals surface area contributed by atoms with Crippen molar-refractivity contribution < 1.29 is 0 Å². The molecule has 0 saturated heterocycles. The van der Waals surface area contributed by atoms with Gasteiger partial charge in [-0.15, -0.1) is 0 Å². The molecule has 2 heterocycles. The van der Waals surface area contributed by atoms with Crippen molar-refractivity contribution in [1.29, 1.82) is 0 Å². The Labute approximate surface area is 135 Å². The van der Waals surface area contributed by atoms with Gasteiger partial charge < -0.3 is 4.90 Å². The minimum absolute atomic E-state index is 0.0847. The summed E-state index contributed by atoms with van der Waals surface area (Å²) in [5.41, 5.74) is 3.27. The second kappa shape index (κ2) is 5.25. The van der Waals surface area contributed by atoms with Crippen molar-refractivity contribution in [3.05, 3.63) is 68.4 Å². The van der Waals surface area contributed by atoms with E-state index in [4.69, 9.17) is 0 Å². The highest BCUT2D eigenvalue weighted by atomic mass is 79.9. The Morgan fingerprint density at radius 2 is 2.00 bits per heavy atom. The molecule has 3 aromatic rings. The van der Waals surface area contributed by atoms with Crippen molar-refractivity contribution in [2.75, 3.05) is 11.4 Å². The highest BCUT2D eigenvalue weighted by Crippen LogP contribution is 2.28. The molecule has 0 atom stereocenters. The summed E-state index contributed by atoms with van der Waals surface area (Å²) in [7, 11) is 0. The molecule has 1 N–H and O–H groups in total. The maximum atomic E-state index is 12.2. The molecule has 0 fully saturated rings. The number of fused-ring (bicyclic) bond motifs is 2. The van der Waals surface area contributed by atoms with Crippen LogP contribution >= 0.6 is 15.9 Å². The number of H-pyrrole nitrogens is 1. The molecule has 1 aliphatic rings. The van der Waals surface area contributed by atoms with Gasteiger partial charge in [-0.25, -0.2) is 4.98 Å². The number of para-hydroxylation sites is 1. The van der Waals surface area contributed by atoms with Gasteiger partial charge in [-0.3, -0.25) is 9.78 Å². The quantitative estimate of drug-likeness (QED) is 0.728. The van der Waals surface area contributed by atoms with Crippen LogP contribution in [0.15, 0.2) is 51.7 Å². The van der Waals surface area contributed by atoms with Crippen LogP contribution in [0.3, 0.4) is 0 Å². The maximum Gasteiger partial charge on any atom is 0.260 e. The summed E-state index contributed by atoms with van der Waals surface area (Å²) in [5.74, 6) is 0.644. The third-order valence-electron chi connectivity index (χ3n) is 4.12. The van der Waals surface area contributed by atoms with Crippen LogP contribution in [0.25, 0.3) is 10.9 Å². The van der Waals surface area contributed by atoms with Crippen LogP contribution in [0.1, 0.15) is 11.1 Å². The van der Waals surface area contributed by atoms with Gasteiger partial charge in [0.2, 0.25) is 5.95 Å². The summed E-state index contributed by atoms with van der Waals surface area (Å²) in [6, 6.07) is 13.7. The normalized spacial score (nSPS) is 14.1. The minimum Gasteiger partial charge on any atom is -0.338 e. The number of anilines is 1. The van der Waals surface area contributed by atoms with E-state index >= 15 is 0 Å². The average molecular weight is 356 g/mol. The number of rotatable bonds is 1. The molecule has 4 nitrogen and oxygen atoms in total. The monoisotopic (exact) mass is 355 g/mol. The van der Waals surface area contributed by atoms with E-state index in [1.54, 1.807) is 6.07 Å². The lowest BCUT2D eigenvalue weighted by atomic mass is 10.0. The maximum absolute atomic E-state index is 12.2. The topological polar surface area (TPSA) is 49.0 Å². The van der Waals surface area contributed by atoms with Crippen molar-refractivity contribution >= 4 is 32.8 Å². The van der Waals surface area contributed by atoms with E-state index in [1.807, 2.05) is 18.2 Å². The number of hydrogen-bond donors (Lipinski definition) is 1. The van der Waals surface area contributed by atoms with Crippen molar-refractivity contribution in [2.24, 2.45) is 0 Å². The van der Waals surface area contributed by atoms with E-state index < -0.39 is 0 Å². The zero-order chi connectivity index (χ0) is 15.1. The van der Waals surface area contributed by atoms with Gasteiger partial charge in [0, 0.05) is 17.6 Å². The SMILES string of the molecule is O=c1[nH]c(N2CCc3cccc(Br)c3C2)nc2ccccc12. The first kappa shape index (κ1) is 13.5. The van der Waals surface area contributed by atoms with Crippen LogP contribution in [-0.2, 0) is 13.0 Å². The molecule has 0 spiro atoms. The molecule has 2 aromatic carbocycles. The number of halogens is 1. The van der Waals surface area contributed by atoms with Crippen molar-refractivity contribution in [1.82, 2.24) is 9.97 Å². The molecule has 1 aliphatic heterocycles. The van der Waals surface area contributed by atoms with Crippen molar-refractivity contribution in [3.8, 4) is 0 Å². The lowest BCUT2D eigenvalue weighted by Gasteiger charge is -2.30. The van der Waals surface area contributed by atoms with Gasteiger partial charge in [0.1, 0.15) is 0 Å². The fraction of sp³-hybridized carbons (Fsp3) is 0.176. The molecule has 0 bridgehead atoms. The molecule has 4 rings (SSSR count). The van der Waals surface area contributed by atoms with Gasteiger partial charge in [-0.2, -0.15) is 0 Å². The Morgan fingerprint density at radius 3 is 2.91 bits per heavy atom. The average Bonchev–Trinajstić information content (AvgIpc) is 2.55. The molecular weight excluding hydrogens is 342 g/mol. The van der Waals surface area contributed by atoms with E-state index in [0.717, 1.165) is 29.5 Å². The number of benzene rings is 2. The molecule has 110 valence electrons. The predicted octanol–water partition coefficient (Wildman–Crippen LogP) is 3.25.